The van der Waals surface area contributed by atoms with Gasteiger partial charge in [-0.1, -0.05) is 55.3 Å². The first kappa shape index (κ1) is 14.9. The predicted octanol–water partition coefficient (Wildman–Crippen LogP) is 5.26. The third kappa shape index (κ3) is 2.67. The maximum Gasteiger partial charge on any atom is 0.336 e. The fraction of sp³-hybridized carbons (Fsp3) is 0.238. The molecule has 0 amide bonds. The molecule has 1 aromatic heterocycles. The van der Waals surface area contributed by atoms with E-state index in [-0.39, 0.29) is 0 Å². The Labute approximate surface area is 141 Å². The second kappa shape index (κ2) is 6.08. The highest BCUT2D eigenvalue weighted by atomic mass is 16.4. The number of hydrogen-bond acceptors (Lipinski definition) is 2. The van der Waals surface area contributed by atoms with Gasteiger partial charge in [0.1, 0.15) is 0 Å². The molecule has 1 aliphatic rings. The van der Waals surface area contributed by atoms with Gasteiger partial charge in [-0.15, -0.1) is 0 Å². The van der Waals surface area contributed by atoms with E-state index >= 15 is 0 Å². The van der Waals surface area contributed by atoms with Crippen LogP contribution in [0.3, 0.4) is 0 Å². The van der Waals surface area contributed by atoms with Crippen molar-refractivity contribution in [2.75, 3.05) is 0 Å². The van der Waals surface area contributed by atoms with Crippen molar-refractivity contribution in [2.24, 2.45) is 0 Å². The summed E-state index contributed by atoms with van der Waals surface area (Å²) in [6, 6.07) is 17.5. The Morgan fingerprint density at radius 2 is 1.71 bits per heavy atom. The second-order valence-electron chi connectivity index (χ2n) is 6.48. The summed E-state index contributed by atoms with van der Waals surface area (Å²) in [4.78, 5) is 16.3. The molecule has 120 valence electrons. The van der Waals surface area contributed by atoms with E-state index < -0.39 is 5.97 Å². The Kier molecular flexibility index (Phi) is 3.77. The molecular formula is C21H19NO2. The van der Waals surface area contributed by atoms with Gasteiger partial charge in [-0.3, -0.25) is 0 Å². The number of aromatic nitrogens is 1. The van der Waals surface area contributed by atoms with Crippen molar-refractivity contribution < 1.29 is 9.90 Å². The van der Waals surface area contributed by atoms with E-state index in [9.17, 15) is 9.90 Å². The quantitative estimate of drug-likeness (QED) is 0.717. The van der Waals surface area contributed by atoms with Crippen molar-refractivity contribution in [3.63, 3.8) is 0 Å². The number of carboxylic acid groups (broad SMARTS) is 1. The molecule has 0 unspecified atom stereocenters. The van der Waals surface area contributed by atoms with Crippen molar-refractivity contribution in [2.45, 2.75) is 31.6 Å². The van der Waals surface area contributed by atoms with Gasteiger partial charge in [0.15, 0.2) is 0 Å². The largest absolute Gasteiger partial charge is 0.478 e. The number of nitrogens with zero attached hydrogens (tertiary/aromatic N) is 1. The van der Waals surface area contributed by atoms with Gasteiger partial charge in [-0.2, -0.15) is 0 Å². The summed E-state index contributed by atoms with van der Waals surface area (Å²) in [5, 5.41) is 10.2. The third-order valence-electron chi connectivity index (χ3n) is 4.98. The van der Waals surface area contributed by atoms with Gasteiger partial charge in [-0.05, 0) is 36.5 Å². The van der Waals surface area contributed by atoms with Crippen molar-refractivity contribution in [1.29, 1.82) is 0 Å². The summed E-state index contributed by atoms with van der Waals surface area (Å²) in [5.41, 5.74) is 4.08. The van der Waals surface area contributed by atoms with Crippen molar-refractivity contribution in [3.8, 4) is 11.3 Å². The summed E-state index contributed by atoms with van der Waals surface area (Å²) in [5.74, 6) is -0.240. The number of carboxylic acids is 1. The summed E-state index contributed by atoms with van der Waals surface area (Å²) < 4.78 is 0. The van der Waals surface area contributed by atoms with Crippen molar-refractivity contribution in [3.05, 3.63) is 65.7 Å². The fourth-order valence-electron chi connectivity index (χ4n) is 3.69. The lowest BCUT2D eigenvalue weighted by Gasteiger charge is -2.11. The number of fused-ring (bicyclic) bond motifs is 1. The zero-order valence-electron chi connectivity index (χ0n) is 13.4. The molecule has 1 fully saturated rings. The van der Waals surface area contributed by atoms with Crippen LogP contribution >= 0.6 is 0 Å². The SMILES string of the molecule is O=C(O)c1cc(-c2ccc(C3CCCC3)cc2)nc2ccccc12. The molecule has 0 saturated heterocycles. The molecule has 24 heavy (non-hydrogen) atoms. The van der Waals surface area contributed by atoms with Crippen LogP contribution in [0.1, 0.15) is 47.5 Å². The highest BCUT2D eigenvalue weighted by Gasteiger charge is 2.17. The first-order valence-corrected chi connectivity index (χ1v) is 8.46. The second-order valence-corrected chi connectivity index (χ2v) is 6.48. The van der Waals surface area contributed by atoms with Crippen LogP contribution in [0.4, 0.5) is 0 Å². The zero-order valence-corrected chi connectivity index (χ0v) is 13.4. The summed E-state index contributed by atoms with van der Waals surface area (Å²) in [7, 11) is 0. The van der Waals surface area contributed by atoms with E-state index in [0.717, 1.165) is 5.56 Å². The Morgan fingerprint density at radius 1 is 1.00 bits per heavy atom. The van der Waals surface area contributed by atoms with Gasteiger partial charge in [-0.25, -0.2) is 9.78 Å². The lowest BCUT2D eigenvalue weighted by Crippen LogP contribution is -2.00. The molecule has 1 heterocycles. The van der Waals surface area contributed by atoms with Gasteiger partial charge in [0, 0.05) is 10.9 Å². The molecule has 1 aliphatic carbocycles. The van der Waals surface area contributed by atoms with Crippen LogP contribution in [0, 0.1) is 0 Å². The molecule has 2 aromatic carbocycles. The van der Waals surface area contributed by atoms with Crippen LogP contribution in [0.5, 0.6) is 0 Å². The Bertz CT molecular complexity index is 893. The molecule has 1 N–H and O–H groups in total. The van der Waals surface area contributed by atoms with Crippen LogP contribution in [-0.4, -0.2) is 16.1 Å². The van der Waals surface area contributed by atoms with E-state index in [1.165, 1.54) is 31.2 Å². The lowest BCUT2D eigenvalue weighted by molar-refractivity contribution is 0.0699. The maximum absolute atomic E-state index is 11.6. The number of pyridine rings is 1. The normalized spacial score (nSPS) is 15.0. The third-order valence-corrected chi connectivity index (χ3v) is 4.98. The number of hydrogen-bond donors (Lipinski definition) is 1. The smallest absolute Gasteiger partial charge is 0.336 e. The molecule has 3 heteroatoms. The van der Waals surface area contributed by atoms with E-state index in [0.29, 0.717) is 28.1 Å². The van der Waals surface area contributed by atoms with Gasteiger partial charge in [0.2, 0.25) is 0 Å². The minimum absolute atomic E-state index is 0.301. The number of benzene rings is 2. The van der Waals surface area contributed by atoms with Crippen molar-refractivity contribution >= 4 is 16.9 Å². The van der Waals surface area contributed by atoms with Crippen molar-refractivity contribution in [1.82, 2.24) is 4.98 Å². The van der Waals surface area contributed by atoms with Gasteiger partial charge >= 0.3 is 5.97 Å². The molecule has 0 aliphatic heterocycles. The molecule has 0 atom stereocenters. The van der Waals surface area contributed by atoms with E-state index in [1.54, 1.807) is 12.1 Å². The van der Waals surface area contributed by atoms with Crippen LogP contribution in [0.15, 0.2) is 54.6 Å². The topological polar surface area (TPSA) is 50.2 Å². The molecule has 0 radical (unpaired) electrons. The highest BCUT2D eigenvalue weighted by molar-refractivity contribution is 6.03. The minimum atomic E-state index is -0.919. The molecular weight excluding hydrogens is 298 g/mol. The Hall–Kier alpha value is -2.68. The predicted molar refractivity (Wildman–Crippen MR) is 95.3 cm³/mol. The maximum atomic E-state index is 11.6. The number of rotatable bonds is 3. The van der Waals surface area contributed by atoms with Gasteiger partial charge in [0.25, 0.3) is 0 Å². The number of carbonyl (C=O) groups is 1. The van der Waals surface area contributed by atoms with Gasteiger partial charge < -0.3 is 5.11 Å². The van der Waals surface area contributed by atoms with Crippen LogP contribution in [0.2, 0.25) is 0 Å². The molecule has 4 rings (SSSR count). The first-order chi connectivity index (χ1) is 11.7. The van der Waals surface area contributed by atoms with E-state index in [4.69, 9.17) is 0 Å². The minimum Gasteiger partial charge on any atom is -0.478 e. The van der Waals surface area contributed by atoms with E-state index in [1.807, 2.05) is 18.2 Å². The lowest BCUT2D eigenvalue weighted by atomic mass is 9.95. The summed E-state index contributed by atoms with van der Waals surface area (Å²) in [6.45, 7) is 0. The molecule has 3 aromatic rings. The molecule has 0 spiro atoms. The number of para-hydroxylation sites is 1. The average Bonchev–Trinajstić information content (AvgIpc) is 3.15. The summed E-state index contributed by atoms with van der Waals surface area (Å²) >= 11 is 0. The zero-order chi connectivity index (χ0) is 16.5. The van der Waals surface area contributed by atoms with Crippen LogP contribution in [0.25, 0.3) is 22.2 Å². The summed E-state index contributed by atoms with van der Waals surface area (Å²) in [6.07, 6.45) is 5.19. The molecule has 3 nitrogen and oxygen atoms in total. The van der Waals surface area contributed by atoms with Crippen LogP contribution in [-0.2, 0) is 0 Å². The average molecular weight is 317 g/mol. The monoisotopic (exact) mass is 317 g/mol. The fourth-order valence-corrected chi connectivity index (χ4v) is 3.69. The van der Waals surface area contributed by atoms with Crippen LogP contribution < -0.4 is 0 Å². The first-order valence-electron chi connectivity index (χ1n) is 8.46. The highest BCUT2D eigenvalue weighted by Crippen LogP contribution is 2.35. The number of aromatic carboxylic acids is 1. The Balaban J connectivity index is 1.77. The molecule has 0 bridgehead atoms. The van der Waals surface area contributed by atoms with E-state index in [2.05, 4.69) is 29.2 Å². The standard InChI is InChI=1S/C21H19NO2/c23-21(24)18-13-20(22-19-8-4-3-7-17(18)19)16-11-9-15(10-12-16)14-5-1-2-6-14/h3-4,7-14H,1-2,5-6H2,(H,23,24). The van der Waals surface area contributed by atoms with Gasteiger partial charge in [0.05, 0.1) is 16.8 Å². The Morgan fingerprint density at radius 3 is 2.42 bits per heavy atom. The molecule has 1 saturated carbocycles.